The van der Waals surface area contributed by atoms with Crippen LogP contribution in [0.2, 0.25) is 0 Å². The molecule has 3 nitrogen and oxygen atoms in total. The third-order valence-electron chi connectivity index (χ3n) is 2.57. The summed E-state index contributed by atoms with van der Waals surface area (Å²) in [4.78, 5) is 13.6. The van der Waals surface area contributed by atoms with Crippen LogP contribution in [0.25, 0.3) is 0 Å². The Morgan fingerprint density at radius 3 is 3.07 bits per heavy atom. The van der Waals surface area contributed by atoms with E-state index in [9.17, 15) is 4.79 Å². The summed E-state index contributed by atoms with van der Waals surface area (Å²) in [6.45, 7) is 1.55. The molecule has 0 saturated carbocycles. The monoisotopic (exact) mass is 268 g/mol. The van der Waals surface area contributed by atoms with Crippen molar-refractivity contribution >= 4 is 27.5 Å². The van der Waals surface area contributed by atoms with Crippen LogP contribution in [0.4, 0.5) is 5.69 Å². The summed E-state index contributed by atoms with van der Waals surface area (Å²) in [6.07, 6.45) is 0.534. The van der Waals surface area contributed by atoms with Gasteiger partial charge in [-0.3, -0.25) is 4.79 Å². The number of fused-ring (bicyclic) bond motifs is 1. The van der Waals surface area contributed by atoms with Gasteiger partial charge in [-0.05, 0) is 24.7 Å². The maximum Gasteiger partial charge on any atom is 0.231 e. The molecule has 0 unspecified atom stereocenters. The molecule has 4 heteroatoms. The largest absolute Gasteiger partial charge is 0.318 e. The molecule has 1 aromatic carbocycles. The van der Waals surface area contributed by atoms with Crippen LogP contribution in [0.3, 0.4) is 0 Å². The Balaban J connectivity index is 2.27. The second-order valence-electron chi connectivity index (χ2n) is 3.60. The summed E-state index contributed by atoms with van der Waals surface area (Å²) >= 11 is 3.43. The number of amides is 1. The normalized spacial score (nSPS) is 14.5. The molecule has 1 N–H and O–H groups in total. The number of halogens is 1. The van der Waals surface area contributed by atoms with Gasteiger partial charge in [-0.1, -0.05) is 22.0 Å². The maximum atomic E-state index is 11.7. The van der Waals surface area contributed by atoms with Gasteiger partial charge >= 0.3 is 0 Å². The van der Waals surface area contributed by atoms with E-state index < -0.39 is 0 Å². The Labute approximate surface area is 97.6 Å². The van der Waals surface area contributed by atoms with Gasteiger partial charge in [0.25, 0.3) is 0 Å². The van der Waals surface area contributed by atoms with E-state index in [1.165, 1.54) is 0 Å². The number of benzene rings is 1. The minimum absolute atomic E-state index is 0.193. The molecule has 1 aromatic rings. The lowest BCUT2D eigenvalue weighted by atomic mass is 10.2. The van der Waals surface area contributed by atoms with E-state index in [1.54, 1.807) is 0 Å². The number of hydrogen-bond donors (Lipinski definition) is 1. The van der Waals surface area contributed by atoms with Gasteiger partial charge < -0.3 is 10.2 Å². The fourth-order valence-corrected chi connectivity index (χ4v) is 2.15. The quantitative estimate of drug-likeness (QED) is 0.903. The number of rotatable bonds is 3. The van der Waals surface area contributed by atoms with Crippen LogP contribution in [0, 0.1) is 0 Å². The number of nitrogens with one attached hydrogen (secondary N) is 1. The fraction of sp³-hybridized carbons (Fsp3) is 0.364. The lowest BCUT2D eigenvalue weighted by Crippen LogP contribution is -2.33. The smallest absolute Gasteiger partial charge is 0.231 e. The fourth-order valence-electron chi connectivity index (χ4n) is 1.80. The Morgan fingerprint density at radius 2 is 2.33 bits per heavy atom. The number of likely N-dealkylation sites (N-methyl/N-ethyl adjacent to an activating group) is 1. The van der Waals surface area contributed by atoms with E-state index in [0.717, 1.165) is 28.8 Å². The molecule has 0 spiro atoms. The summed E-state index contributed by atoms with van der Waals surface area (Å²) in [5.74, 6) is 0.193. The van der Waals surface area contributed by atoms with Crippen molar-refractivity contribution in [2.75, 3.05) is 25.0 Å². The average molecular weight is 269 g/mol. The topological polar surface area (TPSA) is 32.3 Å². The molecule has 0 atom stereocenters. The van der Waals surface area contributed by atoms with Crippen LogP contribution in [0.1, 0.15) is 5.56 Å². The van der Waals surface area contributed by atoms with Crippen molar-refractivity contribution in [2.45, 2.75) is 6.42 Å². The molecular formula is C11H13BrN2O. The molecule has 0 fully saturated rings. The molecule has 1 aliphatic heterocycles. The predicted molar refractivity (Wildman–Crippen MR) is 64.1 cm³/mol. The summed E-state index contributed by atoms with van der Waals surface area (Å²) in [5, 5.41) is 3.05. The molecule has 80 valence electrons. The van der Waals surface area contributed by atoms with Crippen LogP contribution in [0.5, 0.6) is 0 Å². The molecule has 0 aliphatic carbocycles. The van der Waals surface area contributed by atoms with Crippen molar-refractivity contribution in [1.82, 2.24) is 5.32 Å². The van der Waals surface area contributed by atoms with E-state index in [0.29, 0.717) is 6.42 Å². The van der Waals surface area contributed by atoms with Gasteiger partial charge in [0.05, 0.1) is 6.42 Å². The second-order valence-corrected chi connectivity index (χ2v) is 4.51. The van der Waals surface area contributed by atoms with Gasteiger partial charge in [0.1, 0.15) is 0 Å². The zero-order valence-corrected chi connectivity index (χ0v) is 10.2. The van der Waals surface area contributed by atoms with E-state index >= 15 is 0 Å². The van der Waals surface area contributed by atoms with E-state index in [2.05, 4.69) is 21.2 Å². The van der Waals surface area contributed by atoms with Gasteiger partial charge in [0.15, 0.2) is 0 Å². The average Bonchev–Trinajstić information content (AvgIpc) is 2.51. The van der Waals surface area contributed by atoms with Gasteiger partial charge in [-0.25, -0.2) is 0 Å². The maximum absolute atomic E-state index is 11.7. The molecule has 1 aliphatic rings. The SMILES string of the molecule is CNCCN1C(=O)Cc2ccc(Br)cc21. The standard InChI is InChI=1S/C11H13BrN2O/c1-13-4-5-14-10-7-9(12)3-2-8(10)6-11(14)15/h2-3,7,13H,4-6H2,1H3. The first-order valence-corrected chi connectivity index (χ1v) is 5.75. The first kappa shape index (κ1) is 10.6. The summed E-state index contributed by atoms with van der Waals surface area (Å²) in [6, 6.07) is 6.00. The number of anilines is 1. The summed E-state index contributed by atoms with van der Waals surface area (Å²) < 4.78 is 1.02. The molecule has 0 aromatic heterocycles. The van der Waals surface area contributed by atoms with Crippen LogP contribution in [-0.4, -0.2) is 26.0 Å². The highest BCUT2D eigenvalue weighted by molar-refractivity contribution is 9.10. The van der Waals surface area contributed by atoms with Gasteiger partial charge in [0, 0.05) is 23.2 Å². The molecule has 1 amide bonds. The highest BCUT2D eigenvalue weighted by atomic mass is 79.9. The summed E-state index contributed by atoms with van der Waals surface area (Å²) in [5.41, 5.74) is 2.17. The zero-order chi connectivity index (χ0) is 10.8. The van der Waals surface area contributed by atoms with Crippen molar-refractivity contribution < 1.29 is 4.79 Å². The molecule has 0 saturated heterocycles. The number of carbonyl (C=O) groups excluding carboxylic acids is 1. The predicted octanol–water partition coefficient (Wildman–Crippen LogP) is 1.56. The van der Waals surface area contributed by atoms with Crippen molar-refractivity contribution in [3.8, 4) is 0 Å². The van der Waals surface area contributed by atoms with Crippen molar-refractivity contribution in [1.29, 1.82) is 0 Å². The minimum atomic E-state index is 0.193. The molecule has 0 radical (unpaired) electrons. The van der Waals surface area contributed by atoms with Gasteiger partial charge in [-0.15, -0.1) is 0 Å². The number of hydrogen-bond acceptors (Lipinski definition) is 2. The summed E-state index contributed by atoms with van der Waals surface area (Å²) in [7, 11) is 1.89. The van der Waals surface area contributed by atoms with E-state index in [4.69, 9.17) is 0 Å². The highest BCUT2D eigenvalue weighted by Gasteiger charge is 2.26. The first-order chi connectivity index (χ1) is 7.22. The Hall–Kier alpha value is -0.870. The lowest BCUT2D eigenvalue weighted by molar-refractivity contribution is -0.117. The van der Waals surface area contributed by atoms with Gasteiger partial charge in [0.2, 0.25) is 5.91 Å². The molecule has 0 bridgehead atoms. The number of carbonyl (C=O) groups is 1. The molecular weight excluding hydrogens is 256 g/mol. The van der Waals surface area contributed by atoms with Gasteiger partial charge in [-0.2, -0.15) is 0 Å². The number of nitrogens with zero attached hydrogens (tertiary/aromatic N) is 1. The molecule has 1 heterocycles. The zero-order valence-electron chi connectivity index (χ0n) is 8.59. The Kier molecular flexibility index (Phi) is 3.07. The first-order valence-electron chi connectivity index (χ1n) is 4.96. The van der Waals surface area contributed by atoms with E-state index in [-0.39, 0.29) is 5.91 Å². The van der Waals surface area contributed by atoms with Crippen molar-refractivity contribution in [2.24, 2.45) is 0 Å². The van der Waals surface area contributed by atoms with E-state index in [1.807, 2.05) is 30.1 Å². The molecule has 15 heavy (non-hydrogen) atoms. The van der Waals surface area contributed by atoms with Crippen LogP contribution in [-0.2, 0) is 11.2 Å². The third-order valence-corrected chi connectivity index (χ3v) is 3.06. The second kappa shape index (κ2) is 4.33. The minimum Gasteiger partial charge on any atom is -0.318 e. The molecule has 2 rings (SSSR count). The Bertz CT molecular complexity index is 392. The van der Waals surface area contributed by atoms with Crippen molar-refractivity contribution in [3.05, 3.63) is 28.2 Å². The highest BCUT2D eigenvalue weighted by Crippen LogP contribution is 2.31. The Morgan fingerprint density at radius 1 is 1.53 bits per heavy atom. The van der Waals surface area contributed by atoms with Crippen molar-refractivity contribution in [3.63, 3.8) is 0 Å². The third kappa shape index (κ3) is 2.06. The van der Waals surface area contributed by atoms with Crippen LogP contribution in [0.15, 0.2) is 22.7 Å². The van der Waals surface area contributed by atoms with Crippen LogP contribution >= 0.6 is 15.9 Å². The van der Waals surface area contributed by atoms with Crippen LogP contribution < -0.4 is 10.2 Å². The lowest BCUT2D eigenvalue weighted by Gasteiger charge is -2.17.